The molecule has 2 unspecified atom stereocenters. The lowest BCUT2D eigenvalue weighted by atomic mass is 10.1. The number of nitrogens with one attached hydrogen (secondary N) is 1. The molecule has 0 spiro atoms. The molecular weight excluding hydrogens is 581 g/mol. The van der Waals surface area contributed by atoms with Gasteiger partial charge in [-0.3, -0.25) is 18.6 Å². The van der Waals surface area contributed by atoms with Crippen LogP contribution in [-0.2, 0) is 27.9 Å². The molecule has 9 nitrogen and oxygen atoms in total. The SMILES string of the molecule is CCCC/C=C\CCCCCCCC(=O)NCCOP(=O)(O)OCC(O)COC(=O)CCCCCCC/C=C\CCCCC. The lowest BCUT2D eigenvalue weighted by Crippen LogP contribution is -2.27. The van der Waals surface area contributed by atoms with Crippen LogP contribution in [0.25, 0.3) is 0 Å². The fourth-order valence-corrected chi connectivity index (χ4v) is 5.17. The zero-order valence-electron chi connectivity index (χ0n) is 27.9. The molecule has 0 saturated carbocycles. The quantitative estimate of drug-likeness (QED) is 0.0287. The molecule has 1 amide bonds. The molecule has 0 aliphatic carbocycles. The van der Waals surface area contributed by atoms with Gasteiger partial charge in [-0.1, -0.05) is 102 Å². The number of aliphatic hydroxyl groups is 1. The number of hydrogen-bond donors (Lipinski definition) is 3. The highest BCUT2D eigenvalue weighted by atomic mass is 31.2. The number of aliphatic hydroxyl groups excluding tert-OH is 1. The van der Waals surface area contributed by atoms with E-state index in [1.807, 2.05) is 0 Å². The first kappa shape index (κ1) is 42.5. The molecule has 0 aliphatic rings. The second kappa shape index (κ2) is 31.5. The highest BCUT2D eigenvalue weighted by Crippen LogP contribution is 2.42. The number of esters is 1. The number of rotatable bonds is 32. The van der Waals surface area contributed by atoms with E-state index in [0.29, 0.717) is 6.42 Å². The summed E-state index contributed by atoms with van der Waals surface area (Å²) in [6.45, 7) is 3.44. The van der Waals surface area contributed by atoms with Crippen molar-refractivity contribution in [2.75, 3.05) is 26.4 Å². The molecule has 0 aromatic rings. The Morgan fingerprint density at radius 1 is 0.682 bits per heavy atom. The van der Waals surface area contributed by atoms with Crippen molar-refractivity contribution in [2.45, 2.75) is 155 Å². The summed E-state index contributed by atoms with van der Waals surface area (Å²) in [4.78, 5) is 33.6. The summed E-state index contributed by atoms with van der Waals surface area (Å²) in [5.41, 5.74) is 0. The van der Waals surface area contributed by atoms with E-state index in [2.05, 4.69) is 43.5 Å². The number of carbonyl (C=O) groups excluding carboxylic acids is 2. The van der Waals surface area contributed by atoms with Crippen LogP contribution in [0.15, 0.2) is 24.3 Å². The first-order valence-electron chi connectivity index (χ1n) is 17.3. The van der Waals surface area contributed by atoms with E-state index < -0.39 is 26.5 Å². The van der Waals surface area contributed by atoms with Gasteiger partial charge in [0.2, 0.25) is 5.91 Å². The van der Waals surface area contributed by atoms with Crippen molar-refractivity contribution >= 4 is 19.7 Å². The Morgan fingerprint density at radius 2 is 1.18 bits per heavy atom. The molecular formula is C34H64NO8P. The summed E-state index contributed by atoms with van der Waals surface area (Å²) in [6, 6.07) is 0. The van der Waals surface area contributed by atoms with Crippen LogP contribution in [0.3, 0.4) is 0 Å². The van der Waals surface area contributed by atoms with Gasteiger partial charge in [-0.05, 0) is 57.8 Å². The summed E-state index contributed by atoms with van der Waals surface area (Å²) in [7, 11) is -4.41. The summed E-state index contributed by atoms with van der Waals surface area (Å²) < 4.78 is 26.6. The molecule has 0 aliphatic heterocycles. The van der Waals surface area contributed by atoms with Crippen molar-refractivity contribution < 1.29 is 37.9 Å². The Kier molecular flexibility index (Phi) is 30.4. The Balaban J connectivity index is 3.67. The molecule has 3 N–H and O–H groups in total. The van der Waals surface area contributed by atoms with Crippen LogP contribution < -0.4 is 5.32 Å². The van der Waals surface area contributed by atoms with Gasteiger partial charge in [0, 0.05) is 19.4 Å². The predicted molar refractivity (Wildman–Crippen MR) is 178 cm³/mol. The number of hydrogen-bond acceptors (Lipinski definition) is 7. The first-order valence-corrected chi connectivity index (χ1v) is 18.8. The molecule has 0 saturated heterocycles. The number of carbonyl (C=O) groups is 2. The van der Waals surface area contributed by atoms with Crippen molar-refractivity contribution in [1.82, 2.24) is 5.32 Å². The van der Waals surface area contributed by atoms with E-state index in [9.17, 15) is 24.2 Å². The van der Waals surface area contributed by atoms with Gasteiger partial charge in [-0.25, -0.2) is 4.57 Å². The van der Waals surface area contributed by atoms with Gasteiger partial charge in [-0.2, -0.15) is 0 Å². The van der Waals surface area contributed by atoms with Gasteiger partial charge >= 0.3 is 13.8 Å². The van der Waals surface area contributed by atoms with Crippen LogP contribution in [0, 0.1) is 0 Å². The Bertz CT molecular complexity index is 789. The largest absolute Gasteiger partial charge is 0.472 e. The smallest absolute Gasteiger partial charge is 0.463 e. The molecule has 0 radical (unpaired) electrons. The van der Waals surface area contributed by atoms with Gasteiger partial charge in [0.15, 0.2) is 0 Å². The first-order chi connectivity index (χ1) is 21.3. The average molecular weight is 646 g/mol. The third-order valence-electron chi connectivity index (χ3n) is 7.10. The summed E-state index contributed by atoms with van der Waals surface area (Å²) in [5, 5.41) is 12.6. The van der Waals surface area contributed by atoms with E-state index in [1.165, 1.54) is 51.4 Å². The van der Waals surface area contributed by atoms with E-state index in [1.54, 1.807) is 0 Å². The minimum atomic E-state index is -4.41. The molecule has 2 atom stereocenters. The fraction of sp³-hybridized carbons (Fsp3) is 0.824. The fourth-order valence-electron chi connectivity index (χ4n) is 4.41. The molecule has 0 heterocycles. The van der Waals surface area contributed by atoms with Crippen LogP contribution in [0.4, 0.5) is 0 Å². The zero-order valence-corrected chi connectivity index (χ0v) is 28.7. The third-order valence-corrected chi connectivity index (χ3v) is 8.09. The molecule has 0 rings (SSSR count). The van der Waals surface area contributed by atoms with Gasteiger partial charge in [0.05, 0.1) is 13.2 Å². The van der Waals surface area contributed by atoms with Crippen LogP contribution in [0.2, 0.25) is 0 Å². The van der Waals surface area contributed by atoms with Crippen molar-refractivity contribution in [1.29, 1.82) is 0 Å². The minimum Gasteiger partial charge on any atom is -0.463 e. The highest BCUT2D eigenvalue weighted by Gasteiger charge is 2.23. The molecule has 10 heteroatoms. The van der Waals surface area contributed by atoms with Crippen molar-refractivity contribution in [3.05, 3.63) is 24.3 Å². The Morgan fingerprint density at radius 3 is 1.77 bits per heavy atom. The lowest BCUT2D eigenvalue weighted by Gasteiger charge is -2.15. The monoisotopic (exact) mass is 645 g/mol. The molecule has 258 valence electrons. The maximum Gasteiger partial charge on any atom is 0.472 e. The molecule has 0 aromatic carbocycles. The van der Waals surface area contributed by atoms with E-state index in [0.717, 1.165) is 70.6 Å². The number of ether oxygens (including phenoxy) is 1. The van der Waals surface area contributed by atoms with Crippen molar-refractivity contribution in [3.8, 4) is 0 Å². The average Bonchev–Trinajstić information content (AvgIpc) is 3.00. The summed E-state index contributed by atoms with van der Waals surface area (Å²) >= 11 is 0. The Labute approximate surface area is 268 Å². The standard InChI is InChI=1S/C34H64NO8P/c1-3-5-7-9-11-13-15-17-19-21-23-25-27-34(38)41-30-32(36)31-43-44(39,40)42-29-28-35-33(37)26-24-22-20-18-16-14-12-10-8-6-4-2/h10-13,32,36H,3-9,14-31H2,1-2H3,(H,35,37)(H,39,40)/b12-10-,13-11-. The van der Waals surface area contributed by atoms with Gasteiger partial charge in [-0.15, -0.1) is 0 Å². The molecule has 0 fully saturated rings. The predicted octanol–water partition coefficient (Wildman–Crippen LogP) is 8.48. The maximum atomic E-state index is 12.0. The van der Waals surface area contributed by atoms with Crippen LogP contribution in [0.5, 0.6) is 0 Å². The third kappa shape index (κ3) is 31.9. The summed E-state index contributed by atoms with van der Waals surface area (Å²) in [5.74, 6) is -0.539. The van der Waals surface area contributed by atoms with E-state index >= 15 is 0 Å². The van der Waals surface area contributed by atoms with Crippen molar-refractivity contribution in [3.63, 3.8) is 0 Å². The number of allylic oxidation sites excluding steroid dienone is 4. The van der Waals surface area contributed by atoms with Gasteiger partial charge < -0.3 is 20.1 Å². The van der Waals surface area contributed by atoms with Crippen LogP contribution >= 0.6 is 7.82 Å². The number of unbranched alkanes of at least 4 members (excludes halogenated alkanes) is 15. The number of phosphoric ester groups is 1. The second-order valence-electron chi connectivity index (χ2n) is 11.5. The van der Waals surface area contributed by atoms with Gasteiger partial charge in [0.25, 0.3) is 0 Å². The molecule has 0 bridgehead atoms. The topological polar surface area (TPSA) is 131 Å². The normalized spacial score (nSPS) is 13.8. The minimum absolute atomic E-state index is 0.0768. The number of phosphoric acid groups is 1. The lowest BCUT2D eigenvalue weighted by molar-refractivity contribution is -0.147. The summed E-state index contributed by atoms with van der Waals surface area (Å²) in [6.07, 6.45) is 29.6. The van der Waals surface area contributed by atoms with Gasteiger partial charge in [0.1, 0.15) is 12.7 Å². The van der Waals surface area contributed by atoms with E-state index in [4.69, 9.17) is 13.8 Å². The van der Waals surface area contributed by atoms with Crippen molar-refractivity contribution in [2.24, 2.45) is 0 Å². The van der Waals surface area contributed by atoms with Crippen LogP contribution in [-0.4, -0.2) is 54.3 Å². The highest BCUT2D eigenvalue weighted by molar-refractivity contribution is 7.47. The Hall–Kier alpha value is -1.51. The molecule has 44 heavy (non-hydrogen) atoms. The van der Waals surface area contributed by atoms with E-state index in [-0.39, 0.29) is 32.1 Å². The second-order valence-corrected chi connectivity index (χ2v) is 12.9. The van der Waals surface area contributed by atoms with Crippen LogP contribution in [0.1, 0.15) is 149 Å². The zero-order chi connectivity index (χ0) is 32.6. The maximum absolute atomic E-state index is 12.0. The number of amides is 1. The molecule has 0 aromatic heterocycles.